The standard InChI is InChI=1S/C30H37N7O3/c1-3-40-25-13-14-27-21(19-25)20-26(30(38)31-27)28(29-32-33-34-37(29)23-7-5-4-6-8-23)36-17-15-35(16-18-36)22-9-11-24(39-2)12-10-22/h9-14,19-20,23,28H,3-8,15-18H2,1-2H3,(H,31,38). The lowest BCUT2D eigenvalue weighted by Gasteiger charge is -2.40. The Morgan fingerprint density at radius 3 is 2.45 bits per heavy atom. The summed E-state index contributed by atoms with van der Waals surface area (Å²) in [4.78, 5) is 21.5. The molecule has 10 nitrogen and oxygen atoms in total. The molecule has 2 aliphatic rings. The van der Waals surface area contributed by atoms with E-state index < -0.39 is 0 Å². The van der Waals surface area contributed by atoms with E-state index in [-0.39, 0.29) is 17.6 Å². The molecular weight excluding hydrogens is 506 g/mol. The Morgan fingerprint density at radius 1 is 0.975 bits per heavy atom. The molecule has 1 unspecified atom stereocenters. The number of aromatic amines is 1. The molecule has 1 aliphatic carbocycles. The summed E-state index contributed by atoms with van der Waals surface area (Å²) in [6.45, 7) is 5.74. The molecule has 0 amide bonds. The third-order valence-corrected chi connectivity index (χ3v) is 8.25. The van der Waals surface area contributed by atoms with E-state index in [0.29, 0.717) is 12.2 Å². The highest BCUT2D eigenvalue weighted by Crippen LogP contribution is 2.34. The van der Waals surface area contributed by atoms with Gasteiger partial charge in [-0.15, -0.1) is 5.10 Å². The molecule has 40 heavy (non-hydrogen) atoms. The Balaban J connectivity index is 1.36. The lowest BCUT2D eigenvalue weighted by Crippen LogP contribution is -2.49. The van der Waals surface area contributed by atoms with Crippen molar-refractivity contribution in [3.05, 3.63) is 70.3 Å². The van der Waals surface area contributed by atoms with Crippen molar-refractivity contribution in [2.24, 2.45) is 0 Å². The molecule has 0 bridgehead atoms. The van der Waals surface area contributed by atoms with Gasteiger partial charge in [-0.05, 0) is 78.7 Å². The first-order chi connectivity index (χ1) is 19.6. The van der Waals surface area contributed by atoms with Crippen molar-refractivity contribution in [3.63, 3.8) is 0 Å². The summed E-state index contributed by atoms with van der Waals surface area (Å²) in [7, 11) is 1.68. The van der Waals surface area contributed by atoms with Crippen LogP contribution in [0.4, 0.5) is 5.69 Å². The van der Waals surface area contributed by atoms with Crippen molar-refractivity contribution in [2.45, 2.75) is 51.1 Å². The van der Waals surface area contributed by atoms with Crippen LogP contribution in [-0.4, -0.2) is 70.0 Å². The fourth-order valence-electron chi connectivity index (χ4n) is 6.16. The molecule has 4 aromatic rings. The number of nitrogens with one attached hydrogen (secondary N) is 1. The maximum Gasteiger partial charge on any atom is 0.253 e. The number of benzene rings is 2. The molecule has 1 N–H and O–H groups in total. The first-order valence-electron chi connectivity index (χ1n) is 14.3. The van der Waals surface area contributed by atoms with Crippen LogP contribution in [0.3, 0.4) is 0 Å². The van der Waals surface area contributed by atoms with Crippen molar-refractivity contribution in [1.29, 1.82) is 0 Å². The Bertz CT molecular complexity index is 1490. The Hall–Kier alpha value is -3.92. The number of H-pyrrole nitrogens is 1. The highest BCUT2D eigenvalue weighted by atomic mass is 16.5. The number of methoxy groups -OCH3 is 1. The number of hydrogen-bond donors (Lipinski definition) is 1. The van der Waals surface area contributed by atoms with Crippen molar-refractivity contribution < 1.29 is 9.47 Å². The Morgan fingerprint density at radius 2 is 1.73 bits per heavy atom. The molecule has 1 atom stereocenters. The fraction of sp³-hybridized carbons (Fsp3) is 0.467. The Kier molecular flexibility index (Phi) is 7.68. The Labute approximate surface area is 233 Å². The first kappa shape index (κ1) is 26.3. The summed E-state index contributed by atoms with van der Waals surface area (Å²) in [5, 5.41) is 14.1. The van der Waals surface area contributed by atoms with E-state index in [4.69, 9.17) is 9.47 Å². The summed E-state index contributed by atoms with van der Waals surface area (Å²) in [6.07, 6.45) is 5.71. The second-order valence-corrected chi connectivity index (χ2v) is 10.6. The second kappa shape index (κ2) is 11.7. The zero-order valence-corrected chi connectivity index (χ0v) is 23.3. The first-order valence-corrected chi connectivity index (χ1v) is 14.3. The lowest BCUT2D eigenvalue weighted by molar-refractivity contribution is 0.192. The van der Waals surface area contributed by atoms with Gasteiger partial charge in [0.2, 0.25) is 0 Å². The third kappa shape index (κ3) is 5.28. The van der Waals surface area contributed by atoms with Gasteiger partial charge in [0.05, 0.1) is 19.8 Å². The minimum absolute atomic E-state index is 0.113. The van der Waals surface area contributed by atoms with E-state index in [1.165, 1.54) is 19.3 Å². The minimum Gasteiger partial charge on any atom is -0.497 e. The maximum absolute atomic E-state index is 13.6. The fourth-order valence-corrected chi connectivity index (χ4v) is 6.16. The van der Waals surface area contributed by atoms with Crippen LogP contribution >= 0.6 is 0 Å². The largest absolute Gasteiger partial charge is 0.497 e. The van der Waals surface area contributed by atoms with E-state index in [1.807, 2.05) is 48.0 Å². The maximum atomic E-state index is 13.6. The van der Waals surface area contributed by atoms with Crippen LogP contribution in [0, 0.1) is 0 Å². The highest BCUT2D eigenvalue weighted by Gasteiger charge is 2.34. The molecule has 2 fully saturated rings. The number of hydrogen-bond acceptors (Lipinski definition) is 8. The predicted molar refractivity (Wildman–Crippen MR) is 154 cm³/mol. The number of aromatic nitrogens is 5. The number of ether oxygens (including phenoxy) is 2. The number of piperazine rings is 1. The van der Waals surface area contributed by atoms with Crippen LogP contribution < -0.4 is 19.9 Å². The molecule has 1 aliphatic heterocycles. The monoisotopic (exact) mass is 543 g/mol. The van der Waals surface area contributed by atoms with Gasteiger partial charge in [-0.1, -0.05) is 19.3 Å². The smallest absolute Gasteiger partial charge is 0.253 e. The average molecular weight is 544 g/mol. The van der Waals surface area contributed by atoms with Gasteiger partial charge in [-0.2, -0.15) is 0 Å². The summed E-state index contributed by atoms with van der Waals surface area (Å²) < 4.78 is 13.1. The van der Waals surface area contributed by atoms with Crippen LogP contribution in [0.15, 0.2) is 53.3 Å². The van der Waals surface area contributed by atoms with Crippen molar-refractivity contribution in [2.75, 3.05) is 44.8 Å². The molecule has 2 aromatic heterocycles. The quantitative estimate of drug-likeness (QED) is 0.350. The van der Waals surface area contributed by atoms with Crippen LogP contribution in [0.2, 0.25) is 0 Å². The normalized spacial score (nSPS) is 17.7. The zero-order chi connectivity index (χ0) is 27.5. The van der Waals surface area contributed by atoms with Crippen molar-refractivity contribution in [1.82, 2.24) is 30.1 Å². The molecule has 0 spiro atoms. The van der Waals surface area contributed by atoms with Gasteiger partial charge in [-0.3, -0.25) is 9.69 Å². The zero-order valence-electron chi connectivity index (χ0n) is 23.3. The number of fused-ring (bicyclic) bond motifs is 1. The molecular formula is C30H37N7O3. The summed E-state index contributed by atoms with van der Waals surface area (Å²) in [5.41, 5.74) is 2.49. The van der Waals surface area contributed by atoms with E-state index >= 15 is 0 Å². The summed E-state index contributed by atoms with van der Waals surface area (Å²) >= 11 is 0. The number of tetrazole rings is 1. The van der Waals surface area contributed by atoms with E-state index in [9.17, 15) is 4.79 Å². The van der Waals surface area contributed by atoms with Crippen LogP contribution in [-0.2, 0) is 0 Å². The molecule has 10 heteroatoms. The number of pyridine rings is 1. The number of nitrogens with zero attached hydrogens (tertiary/aromatic N) is 6. The third-order valence-electron chi connectivity index (χ3n) is 8.25. The second-order valence-electron chi connectivity index (χ2n) is 10.6. The minimum atomic E-state index is -0.362. The molecule has 3 heterocycles. The van der Waals surface area contributed by atoms with Crippen LogP contribution in [0.25, 0.3) is 10.9 Å². The van der Waals surface area contributed by atoms with Crippen molar-refractivity contribution in [3.8, 4) is 11.5 Å². The van der Waals surface area contributed by atoms with Gasteiger partial charge in [-0.25, -0.2) is 4.68 Å². The van der Waals surface area contributed by atoms with E-state index in [0.717, 1.165) is 72.9 Å². The van der Waals surface area contributed by atoms with E-state index in [1.54, 1.807) is 7.11 Å². The molecule has 1 saturated carbocycles. The summed E-state index contributed by atoms with van der Waals surface area (Å²) in [5.74, 6) is 2.38. The molecule has 6 rings (SSSR count). The van der Waals surface area contributed by atoms with E-state index in [2.05, 4.69) is 42.4 Å². The molecule has 210 valence electrons. The summed E-state index contributed by atoms with van der Waals surface area (Å²) in [6, 6.07) is 15.9. The number of anilines is 1. The average Bonchev–Trinajstić information content (AvgIpc) is 3.48. The number of rotatable bonds is 8. The van der Waals surface area contributed by atoms with Gasteiger partial charge in [0.25, 0.3) is 5.56 Å². The van der Waals surface area contributed by atoms with Gasteiger partial charge in [0.1, 0.15) is 17.5 Å². The molecule has 2 aromatic carbocycles. The van der Waals surface area contributed by atoms with Gasteiger partial charge in [0.15, 0.2) is 5.82 Å². The molecule has 0 radical (unpaired) electrons. The van der Waals surface area contributed by atoms with Gasteiger partial charge in [0, 0.05) is 48.3 Å². The topological polar surface area (TPSA) is 101 Å². The van der Waals surface area contributed by atoms with Crippen LogP contribution in [0.5, 0.6) is 11.5 Å². The highest BCUT2D eigenvalue weighted by molar-refractivity contribution is 5.80. The van der Waals surface area contributed by atoms with Gasteiger partial charge >= 0.3 is 0 Å². The van der Waals surface area contributed by atoms with Crippen molar-refractivity contribution >= 4 is 16.6 Å². The van der Waals surface area contributed by atoms with Gasteiger partial charge < -0.3 is 19.4 Å². The lowest BCUT2D eigenvalue weighted by atomic mass is 9.95. The predicted octanol–water partition coefficient (Wildman–Crippen LogP) is 4.34. The SMILES string of the molecule is CCOc1ccc2[nH]c(=O)c(C(c3nnnn3C3CCCCC3)N3CCN(c4ccc(OC)cc4)CC3)cc2c1. The van der Waals surface area contributed by atoms with Crippen LogP contribution in [0.1, 0.15) is 62.5 Å². The molecule has 1 saturated heterocycles.